The molecule has 0 bridgehead atoms. The number of hydrogen-bond donors (Lipinski definition) is 2. The van der Waals surface area contributed by atoms with Crippen LogP contribution in [0.4, 0.5) is 0 Å². The van der Waals surface area contributed by atoms with E-state index >= 15 is 0 Å². The summed E-state index contributed by atoms with van der Waals surface area (Å²) in [6, 6.07) is 1.52. The van der Waals surface area contributed by atoms with Crippen LogP contribution in [0.25, 0.3) is 0 Å². The van der Waals surface area contributed by atoms with Gasteiger partial charge in [-0.25, -0.2) is 8.42 Å². The van der Waals surface area contributed by atoms with E-state index in [9.17, 15) is 13.5 Å². The number of aromatic amines is 1. The van der Waals surface area contributed by atoms with Crippen LogP contribution >= 0.6 is 0 Å². The first-order chi connectivity index (χ1) is 8.35. The van der Waals surface area contributed by atoms with Crippen molar-refractivity contribution in [3.8, 4) is 0 Å². The highest BCUT2D eigenvalue weighted by molar-refractivity contribution is 7.89. The zero-order valence-electron chi connectivity index (χ0n) is 10.5. The molecule has 2 N–H and O–H groups in total. The Kier molecular flexibility index (Phi) is 3.50. The Bertz CT molecular complexity index is 495. The number of aliphatic hydroxyl groups excluding tert-OH is 1. The lowest BCUT2D eigenvalue weighted by molar-refractivity contribution is -0.131. The summed E-state index contributed by atoms with van der Waals surface area (Å²) in [4.78, 5) is 2.97. The molecule has 18 heavy (non-hydrogen) atoms. The van der Waals surface area contributed by atoms with Gasteiger partial charge in [0.05, 0.1) is 23.2 Å². The molecule has 1 aliphatic heterocycles. The molecule has 0 aromatic carbocycles. The number of aromatic nitrogens is 1. The molecule has 0 aliphatic carbocycles. The first-order valence-electron chi connectivity index (χ1n) is 5.77. The zero-order chi connectivity index (χ0) is 13.4. The Balaban J connectivity index is 2.28. The fourth-order valence-electron chi connectivity index (χ4n) is 2.14. The van der Waals surface area contributed by atoms with Crippen LogP contribution in [-0.4, -0.2) is 54.2 Å². The number of nitrogens with one attached hydrogen (secondary N) is 1. The predicted octanol–water partition coefficient (Wildman–Crippen LogP) is 0.175. The van der Waals surface area contributed by atoms with E-state index in [-0.39, 0.29) is 24.6 Å². The summed E-state index contributed by atoms with van der Waals surface area (Å²) in [5, 5.41) is 9.18. The minimum Gasteiger partial charge on any atom is -0.394 e. The van der Waals surface area contributed by atoms with Gasteiger partial charge >= 0.3 is 0 Å². The smallest absolute Gasteiger partial charge is 0.244 e. The number of hydrogen-bond acceptors (Lipinski definition) is 4. The predicted molar refractivity (Wildman–Crippen MR) is 65.6 cm³/mol. The van der Waals surface area contributed by atoms with Gasteiger partial charge in [0, 0.05) is 25.5 Å². The van der Waals surface area contributed by atoms with Crippen molar-refractivity contribution in [1.29, 1.82) is 0 Å². The van der Waals surface area contributed by atoms with Gasteiger partial charge in [-0.05, 0) is 19.9 Å². The van der Waals surface area contributed by atoms with E-state index in [2.05, 4.69) is 4.98 Å². The van der Waals surface area contributed by atoms with Crippen LogP contribution < -0.4 is 0 Å². The summed E-state index contributed by atoms with van der Waals surface area (Å²) >= 11 is 0. The van der Waals surface area contributed by atoms with Gasteiger partial charge in [0.25, 0.3) is 0 Å². The highest BCUT2D eigenvalue weighted by Crippen LogP contribution is 2.26. The molecule has 1 aromatic heterocycles. The quantitative estimate of drug-likeness (QED) is 0.823. The summed E-state index contributed by atoms with van der Waals surface area (Å²) < 4.78 is 31.7. The van der Waals surface area contributed by atoms with Crippen LogP contribution in [0, 0.1) is 0 Å². The van der Waals surface area contributed by atoms with Gasteiger partial charge in [-0.3, -0.25) is 0 Å². The Labute approximate surface area is 107 Å². The van der Waals surface area contributed by atoms with Gasteiger partial charge < -0.3 is 14.8 Å². The SMILES string of the molecule is CC1(C)CN(S(=O)(=O)c2cc[nH]c2)CC(CO)O1. The maximum Gasteiger partial charge on any atom is 0.244 e. The van der Waals surface area contributed by atoms with Crippen molar-refractivity contribution in [1.82, 2.24) is 9.29 Å². The maximum absolute atomic E-state index is 12.4. The maximum atomic E-state index is 12.4. The summed E-state index contributed by atoms with van der Waals surface area (Å²) in [6.07, 6.45) is 2.54. The Hall–Kier alpha value is -0.890. The number of ether oxygens (including phenoxy) is 1. The lowest BCUT2D eigenvalue weighted by Crippen LogP contribution is -2.55. The van der Waals surface area contributed by atoms with Gasteiger partial charge in [-0.2, -0.15) is 4.31 Å². The van der Waals surface area contributed by atoms with Crippen molar-refractivity contribution >= 4 is 10.0 Å². The fraction of sp³-hybridized carbons (Fsp3) is 0.636. The highest BCUT2D eigenvalue weighted by atomic mass is 32.2. The van der Waals surface area contributed by atoms with E-state index in [0.717, 1.165) is 0 Å². The first kappa shape index (κ1) is 13.5. The molecule has 6 nitrogen and oxygen atoms in total. The Morgan fingerprint density at radius 1 is 1.61 bits per heavy atom. The van der Waals surface area contributed by atoms with Crippen molar-refractivity contribution in [2.24, 2.45) is 0 Å². The van der Waals surface area contributed by atoms with Gasteiger partial charge in [-0.1, -0.05) is 0 Å². The van der Waals surface area contributed by atoms with E-state index in [4.69, 9.17) is 4.74 Å². The molecule has 1 aliphatic rings. The lowest BCUT2D eigenvalue weighted by Gasteiger charge is -2.41. The normalized spacial score (nSPS) is 25.2. The molecule has 1 atom stereocenters. The number of rotatable bonds is 3. The summed E-state index contributed by atoms with van der Waals surface area (Å²) in [5.41, 5.74) is -0.602. The molecule has 0 radical (unpaired) electrons. The second kappa shape index (κ2) is 4.65. The Morgan fingerprint density at radius 3 is 2.89 bits per heavy atom. The number of sulfonamides is 1. The van der Waals surface area contributed by atoms with Crippen LogP contribution in [-0.2, 0) is 14.8 Å². The lowest BCUT2D eigenvalue weighted by atomic mass is 10.1. The first-order valence-corrected chi connectivity index (χ1v) is 7.21. The van der Waals surface area contributed by atoms with E-state index in [1.807, 2.05) is 13.8 Å². The largest absolute Gasteiger partial charge is 0.394 e. The molecular formula is C11H18N2O4S. The molecule has 0 saturated carbocycles. The topological polar surface area (TPSA) is 82.6 Å². The monoisotopic (exact) mass is 274 g/mol. The van der Waals surface area contributed by atoms with E-state index in [1.165, 1.54) is 16.6 Å². The van der Waals surface area contributed by atoms with Gasteiger partial charge in [0.1, 0.15) is 0 Å². The summed E-state index contributed by atoms with van der Waals surface area (Å²) in [6.45, 7) is 3.88. The zero-order valence-corrected chi connectivity index (χ0v) is 11.3. The molecule has 2 rings (SSSR count). The number of nitrogens with zero attached hydrogens (tertiary/aromatic N) is 1. The average molecular weight is 274 g/mol. The van der Waals surface area contributed by atoms with Crippen LogP contribution in [0.15, 0.2) is 23.4 Å². The third-order valence-corrected chi connectivity index (χ3v) is 4.67. The minimum atomic E-state index is -3.52. The van der Waals surface area contributed by atoms with Crippen LogP contribution in [0.2, 0.25) is 0 Å². The van der Waals surface area contributed by atoms with E-state index < -0.39 is 21.7 Å². The van der Waals surface area contributed by atoms with Gasteiger partial charge in [-0.15, -0.1) is 0 Å². The van der Waals surface area contributed by atoms with Crippen molar-refractivity contribution in [2.45, 2.75) is 30.4 Å². The minimum absolute atomic E-state index is 0.174. The van der Waals surface area contributed by atoms with Crippen molar-refractivity contribution in [3.63, 3.8) is 0 Å². The summed E-state index contributed by atoms with van der Waals surface area (Å²) in [5.74, 6) is 0. The number of aliphatic hydroxyl groups is 1. The van der Waals surface area contributed by atoms with Crippen LogP contribution in [0.3, 0.4) is 0 Å². The van der Waals surface area contributed by atoms with Crippen molar-refractivity contribution < 1.29 is 18.3 Å². The Morgan fingerprint density at radius 2 is 2.33 bits per heavy atom. The van der Waals surface area contributed by atoms with Gasteiger partial charge in [0.15, 0.2) is 0 Å². The molecule has 1 saturated heterocycles. The fourth-order valence-corrected chi connectivity index (χ4v) is 3.74. The standard InChI is InChI=1S/C11H18N2O4S/c1-11(2)8-13(6-9(7-14)17-11)18(15,16)10-3-4-12-5-10/h3-5,9,12,14H,6-8H2,1-2H3. The molecule has 102 valence electrons. The van der Waals surface area contributed by atoms with E-state index in [1.54, 1.807) is 6.20 Å². The van der Waals surface area contributed by atoms with Crippen LogP contribution in [0.5, 0.6) is 0 Å². The van der Waals surface area contributed by atoms with Crippen LogP contribution in [0.1, 0.15) is 13.8 Å². The molecule has 0 amide bonds. The number of morpholine rings is 1. The van der Waals surface area contributed by atoms with E-state index in [0.29, 0.717) is 0 Å². The highest BCUT2D eigenvalue weighted by Gasteiger charge is 2.39. The molecule has 0 spiro atoms. The van der Waals surface area contributed by atoms with Crippen molar-refractivity contribution in [2.75, 3.05) is 19.7 Å². The molecular weight excluding hydrogens is 256 g/mol. The third-order valence-electron chi connectivity index (χ3n) is 2.86. The molecule has 1 fully saturated rings. The van der Waals surface area contributed by atoms with Gasteiger partial charge in [0.2, 0.25) is 10.0 Å². The average Bonchev–Trinajstić information content (AvgIpc) is 2.80. The second-order valence-electron chi connectivity index (χ2n) is 5.03. The number of H-pyrrole nitrogens is 1. The third kappa shape index (κ3) is 2.59. The molecule has 1 aromatic rings. The molecule has 2 heterocycles. The summed E-state index contributed by atoms with van der Waals surface area (Å²) in [7, 11) is -3.52. The molecule has 7 heteroatoms. The molecule has 1 unspecified atom stereocenters. The second-order valence-corrected chi connectivity index (χ2v) is 6.96. The van der Waals surface area contributed by atoms with Crippen molar-refractivity contribution in [3.05, 3.63) is 18.5 Å².